The molecule has 104 valence electrons. The molecule has 2 aromatic rings. The fourth-order valence-electron chi connectivity index (χ4n) is 2.56. The third kappa shape index (κ3) is 2.41. The maximum Gasteiger partial charge on any atom is 0.230 e. The molecule has 0 unspecified atom stereocenters. The highest BCUT2D eigenvalue weighted by molar-refractivity contribution is 5.91. The molecule has 1 aromatic heterocycles. The van der Waals surface area contributed by atoms with Crippen LogP contribution in [0.3, 0.4) is 0 Å². The largest absolute Gasteiger partial charge is 0.399 e. The summed E-state index contributed by atoms with van der Waals surface area (Å²) in [5.41, 5.74) is 7.19. The van der Waals surface area contributed by atoms with Crippen LogP contribution in [0, 0.1) is 0 Å². The van der Waals surface area contributed by atoms with E-state index in [0.29, 0.717) is 6.54 Å². The molecule has 3 N–H and O–H groups in total. The number of carbonyl (C=O) groups excluding carboxylic acids is 1. The first-order valence-electron chi connectivity index (χ1n) is 6.96. The van der Waals surface area contributed by atoms with E-state index in [1.54, 1.807) is 0 Å². The van der Waals surface area contributed by atoms with Crippen LogP contribution in [-0.2, 0) is 16.8 Å². The number of aromatic nitrogens is 1. The van der Waals surface area contributed by atoms with Crippen molar-refractivity contribution in [1.29, 1.82) is 0 Å². The van der Waals surface area contributed by atoms with Crippen molar-refractivity contribution in [3.05, 3.63) is 54.4 Å². The van der Waals surface area contributed by atoms with E-state index in [1.165, 1.54) is 0 Å². The second kappa shape index (κ2) is 5.04. The molecule has 1 aliphatic rings. The molecule has 1 fully saturated rings. The fourth-order valence-corrected chi connectivity index (χ4v) is 2.56. The number of hydrogen-bond acceptors (Lipinski definition) is 2. The molecule has 4 heteroatoms. The quantitative estimate of drug-likeness (QED) is 0.815. The Kier molecular flexibility index (Phi) is 3.22. The number of nitrogens with two attached hydrogens (primary N) is 1. The van der Waals surface area contributed by atoms with Crippen LogP contribution in [0.5, 0.6) is 0 Å². The standard InChI is InChI=1S/C16H19N3O/c17-14-5-3-13(4-6-14)16(7-8-16)15(20)18-9-12-19-10-1-2-11-19/h1-6,10-11H,7-9,12,17H2,(H,18,20). The molecule has 0 atom stereocenters. The molecule has 1 aliphatic carbocycles. The Morgan fingerprint density at radius 1 is 1.20 bits per heavy atom. The lowest BCUT2D eigenvalue weighted by Gasteiger charge is -2.16. The molecule has 3 rings (SSSR count). The summed E-state index contributed by atoms with van der Waals surface area (Å²) in [6.07, 6.45) is 5.84. The lowest BCUT2D eigenvalue weighted by molar-refractivity contribution is -0.123. The van der Waals surface area contributed by atoms with Crippen LogP contribution in [-0.4, -0.2) is 17.0 Å². The van der Waals surface area contributed by atoms with Crippen molar-refractivity contribution < 1.29 is 4.79 Å². The number of carbonyl (C=O) groups is 1. The van der Waals surface area contributed by atoms with Crippen LogP contribution in [0.4, 0.5) is 5.69 Å². The zero-order valence-corrected chi connectivity index (χ0v) is 11.4. The number of nitrogen functional groups attached to an aromatic ring is 1. The van der Waals surface area contributed by atoms with Crippen molar-refractivity contribution in [1.82, 2.24) is 9.88 Å². The molecule has 1 amide bonds. The Labute approximate surface area is 118 Å². The summed E-state index contributed by atoms with van der Waals surface area (Å²) >= 11 is 0. The third-order valence-corrected chi connectivity index (χ3v) is 3.97. The van der Waals surface area contributed by atoms with Gasteiger partial charge in [-0.3, -0.25) is 4.79 Å². The van der Waals surface area contributed by atoms with E-state index in [-0.39, 0.29) is 11.3 Å². The number of benzene rings is 1. The number of nitrogens with zero attached hydrogens (tertiary/aromatic N) is 1. The predicted molar refractivity (Wildman–Crippen MR) is 79.2 cm³/mol. The van der Waals surface area contributed by atoms with Crippen molar-refractivity contribution in [2.75, 3.05) is 12.3 Å². The van der Waals surface area contributed by atoms with Gasteiger partial charge in [-0.2, -0.15) is 0 Å². The summed E-state index contributed by atoms with van der Waals surface area (Å²) in [6.45, 7) is 1.46. The van der Waals surface area contributed by atoms with E-state index in [2.05, 4.69) is 9.88 Å². The van der Waals surface area contributed by atoms with Crippen LogP contribution in [0.2, 0.25) is 0 Å². The van der Waals surface area contributed by atoms with E-state index in [0.717, 1.165) is 30.6 Å². The predicted octanol–water partition coefficient (Wildman–Crippen LogP) is 1.92. The molecular weight excluding hydrogens is 250 g/mol. The van der Waals surface area contributed by atoms with Crippen LogP contribution >= 0.6 is 0 Å². The van der Waals surface area contributed by atoms with Crippen molar-refractivity contribution in [2.45, 2.75) is 24.8 Å². The van der Waals surface area contributed by atoms with Gasteiger partial charge in [-0.25, -0.2) is 0 Å². The fraction of sp³-hybridized carbons (Fsp3) is 0.312. The molecule has 0 spiro atoms. The smallest absolute Gasteiger partial charge is 0.230 e. The van der Waals surface area contributed by atoms with E-state index >= 15 is 0 Å². The molecule has 1 saturated carbocycles. The van der Waals surface area contributed by atoms with E-state index < -0.39 is 0 Å². The maximum atomic E-state index is 12.4. The highest BCUT2D eigenvalue weighted by Gasteiger charge is 2.50. The summed E-state index contributed by atoms with van der Waals surface area (Å²) in [4.78, 5) is 12.4. The van der Waals surface area contributed by atoms with Crippen LogP contribution < -0.4 is 11.1 Å². The first-order chi connectivity index (χ1) is 9.71. The van der Waals surface area contributed by atoms with Gasteiger partial charge in [0, 0.05) is 31.2 Å². The second-order valence-corrected chi connectivity index (χ2v) is 5.38. The van der Waals surface area contributed by atoms with E-state index in [1.807, 2.05) is 48.8 Å². The molecule has 1 aromatic carbocycles. The summed E-state index contributed by atoms with van der Waals surface area (Å²) in [6, 6.07) is 11.6. The monoisotopic (exact) mass is 269 g/mol. The molecule has 4 nitrogen and oxygen atoms in total. The van der Waals surface area contributed by atoms with Gasteiger partial charge in [-0.05, 0) is 42.7 Å². The van der Waals surface area contributed by atoms with Gasteiger partial charge >= 0.3 is 0 Å². The number of anilines is 1. The molecule has 0 saturated heterocycles. The first-order valence-corrected chi connectivity index (χ1v) is 6.96. The molecule has 0 radical (unpaired) electrons. The Morgan fingerprint density at radius 2 is 1.85 bits per heavy atom. The SMILES string of the molecule is Nc1ccc(C2(C(=O)NCCn3cccc3)CC2)cc1. The van der Waals surface area contributed by atoms with Gasteiger partial charge in [0.25, 0.3) is 0 Å². The number of rotatable bonds is 5. The van der Waals surface area contributed by atoms with Gasteiger partial charge < -0.3 is 15.6 Å². The van der Waals surface area contributed by atoms with Gasteiger partial charge in [-0.1, -0.05) is 12.1 Å². The van der Waals surface area contributed by atoms with Gasteiger partial charge in [-0.15, -0.1) is 0 Å². The van der Waals surface area contributed by atoms with Crippen molar-refractivity contribution in [2.24, 2.45) is 0 Å². The Balaban J connectivity index is 1.60. The van der Waals surface area contributed by atoms with Gasteiger partial charge in [0.2, 0.25) is 5.91 Å². The van der Waals surface area contributed by atoms with Crippen LogP contribution in [0.25, 0.3) is 0 Å². The Hall–Kier alpha value is -2.23. The molecular formula is C16H19N3O. The van der Waals surface area contributed by atoms with Gasteiger partial charge in [0.15, 0.2) is 0 Å². The van der Waals surface area contributed by atoms with Crippen LogP contribution in [0.1, 0.15) is 18.4 Å². The topological polar surface area (TPSA) is 60.1 Å². The number of amides is 1. The third-order valence-electron chi connectivity index (χ3n) is 3.97. The Bertz CT molecular complexity index is 583. The van der Waals surface area contributed by atoms with Crippen molar-refractivity contribution in [3.63, 3.8) is 0 Å². The highest BCUT2D eigenvalue weighted by atomic mass is 16.2. The lowest BCUT2D eigenvalue weighted by Crippen LogP contribution is -2.36. The molecule has 20 heavy (non-hydrogen) atoms. The molecule has 0 bridgehead atoms. The number of hydrogen-bond donors (Lipinski definition) is 2. The van der Waals surface area contributed by atoms with E-state index in [4.69, 9.17) is 5.73 Å². The van der Waals surface area contributed by atoms with Crippen LogP contribution in [0.15, 0.2) is 48.8 Å². The summed E-state index contributed by atoms with van der Waals surface area (Å²) in [5.74, 6) is 0.134. The molecule has 1 heterocycles. The zero-order valence-electron chi connectivity index (χ0n) is 11.4. The second-order valence-electron chi connectivity index (χ2n) is 5.38. The van der Waals surface area contributed by atoms with Gasteiger partial charge in [0.1, 0.15) is 0 Å². The maximum absolute atomic E-state index is 12.4. The zero-order chi connectivity index (χ0) is 14.0. The summed E-state index contributed by atoms with van der Waals surface area (Å²) in [5, 5.41) is 3.05. The summed E-state index contributed by atoms with van der Waals surface area (Å²) in [7, 11) is 0. The van der Waals surface area contributed by atoms with E-state index in [9.17, 15) is 4.79 Å². The normalized spacial score (nSPS) is 15.8. The average molecular weight is 269 g/mol. The minimum Gasteiger partial charge on any atom is -0.399 e. The minimum atomic E-state index is -0.315. The minimum absolute atomic E-state index is 0.134. The van der Waals surface area contributed by atoms with Crippen molar-refractivity contribution in [3.8, 4) is 0 Å². The average Bonchev–Trinajstić information content (AvgIpc) is 3.10. The molecule has 0 aliphatic heterocycles. The highest BCUT2D eigenvalue weighted by Crippen LogP contribution is 2.48. The number of nitrogens with one attached hydrogen (secondary N) is 1. The lowest BCUT2D eigenvalue weighted by atomic mass is 9.95. The summed E-state index contributed by atoms with van der Waals surface area (Å²) < 4.78 is 2.06. The Morgan fingerprint density at radius 3 is 2.45 bits per heavy atom. The first kappa shape index (κ1) is 12.8. The van der Waals surface area contributed by atoms with Crippen molar-refractivity contribution >= 4 is 11.6 Å². The van der Waals surface area contributed by atoms with Gasteiger partial charge in [0.05, 0.1) is 5.41 Å².